The Morgan fingerprint density at radius 3 is 2.38 bits per heavy atom. The molecule has 1 heterocycles. The number of aryl methyl sites for hydroxylation is 1. The molecule has 88 valence electrons. The molecule has 0 spiro atoms. The van der Waals surface area contributed by atoms with E-state index in [0.717, 1.165) is 6.20 Å². The van der Waals surface area contributed by atoms with Gasteiger partial charge in [-0.05, 0) is 13.0 Å². The third-order valence-corrected chi connectivity index (χ3v) is 1.50. The predicted molar refractivity (Wildman–Crippen MR) is 58.6 cm³/mol. The lowest BCUT2D eigenvalue weighted by molar-refractivity contribution is -0.385. The summed E-state index contributed by atoms with van der Waals surface area (Å²) in [4.78, 5) is 23.5. The Morgan fingerprint density at radius 1 is 1.56 bits per heavy atom. The SMILES string of the molecule is CCC.Cc1cc(C(=O)O)ncc1[N+](=O)[O-]. The minimum Gasteiger partial charge on any atom is -0.477 e. The number of aromatic nitrogens is 1. The van der Waals surface area contributed by atoms with Crippen LogP contribution in [-0.2, 0) is 0 Å². The van der Waals surface area contributed by atoms with Crippen LogP contribution in [0.4, 0.5) is 5.69 Å². The first kappa shape index (κ1) is 14.0. The lowest BCUT2D eigenvalue weighted by atomic mass is 10.2. The van der Waals surface area contributed by atoms with Crippen molar-refractivity contribution in [3.8, 4) is 0 Å². The summed E-state index contributed by atoms with van der Waals surface area (Å²) in [5.74, 6) is -1.20. The summed E-state index contributed by atoms with van der Waals surface area (Å²) < 4.78 is 0. The number of hydrogen-bond acceptors (Lipinski definition) is 4. The van der Waals surface area contributed by atoms with Crippen molar-refractivity contribution >= 4 is 11.7 Å². The van der Waals surface area contributed by atoms with Crippen molar-refractivity contribution in [1.82, 2.24) is 4.98 Å². The highest BCUT2D eigenvalue weighted by atomic mass is 16.6. The molecule has 0 amide bonds. The molecule has 6 nitrogen and oxygen atoms in total. The van der Waals surface area contributed by atoms with E-state index >= 15 is 0 Å². The highest BCUT2D eigenvalue weighted by Gasteiger charge is 2.13. The summed E-state index contributed by atoms with van der Waals surface area (Å²) in [7, 11) is 0. The van der Waals surface area contributed by atoms with Crippen molar-refractivity contribution in [2.45, 2.75) is 27.2 Å². The molecule has 6 heteroatoms. The quantitative estimate of drug-likeness (QED) is 0.617. The molecule has 0 fully saturated rings. The van der Waals surface area contributed by atoms with Crippen LogP contribution in [0.3, 0.4) is 0 Å². The minimum atomic E-state index is -1.20. The zero-order valence-corrected chi connectivity index (χ0v) is 9.43. The Labute approximate surface area is 93.1 Å². The Kier molecular flexibility index (Phi) is 5.69. The minimum absolute atomic E-state index is 0.176. The van der Waals surface area contributed by atoms with E-state index in [2.05, 4.69) is 18.8 Å². The first-order valence-electron chi connectivity index (χ1n) is 4.78. The molecular weight excluding hydrogens is 212 g/mol. The number of carboxylic acid groups (broad SMARTS) is 1. The molecule has 16 heavy (non-hydrogen) atoms. The van der Waals surface area contributed by atoms with Crippen LogP contribution in [0.2, 0.25) is 0 Å². The maximum atomic E-state index is 10.4. The number of carbonyl (C=O) groups is 1. The summed E-state index contributed by atoms with van der Waals surface area (Å²) in [5.41, 5.74) is -0.0782. The average molecular weight is 226 g/mol. The second-order valence-electron chi connectivity index (χ2n) is 3.13. The van der Waals surface area contributed by atoms with Gasteiger partial charge in [0.05, 0.1) is 4.92 Å². The van der Waals surface area contributed by atoms with Crippen LogP contribution in [-0.4, -0.2) is 21.0 Å². The fourth-order valence-corrected chi connectivity index (χ4v) is 0.857. The molecule has 1 N–H and O–H groups in total. The van der Waals surface area contributed by atoms with Gasteiger partial charge >= 0.3 is 5.97 Å². The first-order valence-corrected chi connectivity index (χ1v) is 4.78. The van der Waals surface area contributed by atoms with Crippen LogP contribution >= 0.6 is 0 Å². The summed E-state index contributed by atoms with van der Waals surface area (Å²) in [6.07, 6.45) is 2.19. The molecule has 0 saturated carbocycles. The van der Waals surface area contributed by atoms with Gasteiger partial charge in [-0.3, -0.25) is 10.1 Å². The van der Waals surface area contributed by atoms with Gasteiger partial charge in [0, 0.05) is 5.56 Å². The van der Waals surface area contributed by atoms with Crippen LogP contribution in [0, 0.1) is 17.0 Å². The molecule has 0 aromatic carbocycles. The summed E-state index contributed by atoms with van der Waals surface area (Å²) in [6, 6.07) is 1.17. The molecule has 0 radical (unpaired) electrons. The maximum Gasteiger partial charge on any atom is 0.354 e. The standard InChI is InChI=1S/C7H6N2O4.C3H8/c1-4-2-5(7(10)11)8-3-6(4)9(12)13;1-3-2/h2-3H,1H3,(H,10,11);3H2,1-2H3. The third kappa shape index (κ3) is 4.04. The van der Waals surface area contributed by atoms with Gasteiger partial charge in [0.2, 0.25) is 0 Å². The van der Waals surface area contributed by atoms with Gasteiger partial charge in [-0.15, -0.1) is 0 Å². The molecule has 0 aliphatic heterocycles. The van der Waals surface area contributed by atoms with Crippen LogP contribution in [0.5, 0.6) is 0 Å². The maximum absolute atomic E-state index is 10.4. The van der Waals surface area contributed by atoms with E-state index in [0.29, 0.717) is 0 Å². The van der Waals surface area contributed by atoms with Gasteiger partial charge < -0.3 is 5.11 Å². The molecule has 0 aliphatic rings. The van der Waals surface area contributed by atoms with Crippen molar-refractivity contribution in [3.63, 3.8) is 0 Å². The molecule has 1 aromatic rings. The fraction of sp³-hybridized carbons (Fsp3) is 0.400. The normalized spacial score (nSPS) is 8.94. The molecular formula is C10H14N2O4. The van der Waals surface area contributed by atoms with E-state index in [1.54, 1.807) is 0 Å². The Morgan fingerprint density at radius 2 is 2.06 bits per heavy atom. The fourth-order valence-electron chi connectivity index (χ4n) is 0.857. The molecule has 0 bridgehead atoms. The van der Waals surface area contributed by atoms with Gasteiger partial charge in [0.25, 0.3) is 5.69 Å². The van der Waals surface area contributed by atoms with Crippen molar-refractivity contribution in [2.75, 3.05) is 0 Å². The largest absolute Gasteiger partial charge is 0.477 e. The van der Waals surface area contributed by atoms with E-state index in [1.807, 2.05) is 0 Å². The van der Waals surface area contributed by atoms with E-state index in [4.69, 9.17) is 5.11 Å². The van der Waals surface area contributed by atoms with Crippen molar-refractivity contribution in [2.24, 2.45) is 0 Å². The van der Waals surface area contributed by atoms with Crippen LogP contribution < -0.4 is 0 Å². The van der Waals surface area contributed by atoms with E-state index < -0.39 is 10.9 Å². The second kappa shape index (κ2) is 6.49. The van der Waals surface area contributed by atoms with Crippen LogP contribution in [0.15, 0.2) is 12.3 Å². The number of rotatable bonds is 2. The van der Waals surface area contributed by atoms with Gasteiger partial charge in [-0.25, -0.2) is 9.78 Å². The molecule has 0 saturated heterocycles. The Hall–Kier alpha value is -1.98. The van der Waals surface area contributed by atoms with Gasteiger partial charge in [0.1, 0.15) is 11.9 Å². The molecule has 1 aromatic heterocycles. The van der Waals surface area contributed by atoms with E-state index in [-0.39, 0.29) is 16.9 Å². The first-order chi connectivity index (χ1) is 7.43. The monoisotopic (exact) mass is 226 g/mol. The third-order valence-electron chi connectivity index (χ3n) is 1.50. The number of pyridine rings is 1. The molecule has 1 rings (SSSR count). The predicted octanol–water partition coefficient (Wildman–Crippen LogP) is 2.41. The van der Waals surface area contributed by atoms with Crippen LogP contribution in [0.1, 0.15) is 36.3 Å². The van der Waals surface area contributed by atoms with Gasteiger partial charge in [-0.2, -0.15) is 0 Å². The number of hydrogen-bond donors (Lipinski definition) is 1. The number of nitro groups is 1. The summed E-state index contributed by atoms with van der Waals surface area (Å²) in [5, 5.41) is 18.8. The molecule has 0 aliphatic carbocycles. The smallest absolute Gasteiger partial charge is 0.354 e. The number of nitrogens with zero attached hydrogens (tertiary/aromatic N) is 2. The van der Waals surface area contributed by atoms with E-state index in [9.17, 15) is 14.9 Å². The summed E-state index contributed by atoms with van der Waals surface area (Å²) >= 11 is 0. The van der Waals surface area contributed by atoms with Crippen LogP contribution in [0.25, 0.3) is 0 Å². The second-order valence-corrected chi connectivity index (χ2v) is 3.13. The Balaban J connectivity index is 0.000000673. The van der Waals surface area contributed by atoms with Gasteiger partial charge in [0.15, 0.2) is 0 Å². The van der Waals surface area contributed by atoms with Crippen molar-refractivity contribution in [3.05, 3.63) is 33.6 Å². The topological polar surface area (TPSA) is 93.3 Å². The van der Waals surface area contributed by atoms with Crippen molar-refractivity contribution < 1.29 is 14.8 Å². The number of carboxylic acids is 1. The Bertz CT molecular complexity index is 390. The molecule has 0 atom stereocenters. The lowest BCUT2D eigenvalue weighted by Gasteiger charge is -1.97. The lowest BCUT2D eigenvalue weighted by Crippen LogP contribution is -2.02. The highest BCUT2D eigenvalue weighted by molar-refractivity contribution is 5.85. The zero-order valence-electron chi connectivity index (χ0n) is 9.43. The summed E-state index contributed by atoms with van der Waals surface area (Å²) in [6.45, 7) is 5.71. The highest BCUT2D eigenvalue weighted by Crippen LogP contribution is 2.16. The van der Waals surface area contributed by atoms with Crippen molar-refractivity contribution in [1.29, 1.82) is 0 Å². The molecule has 0 unspecified atom stereocenters. The van der Waals surface area contributed by atoms with Gasteiger partial charge in [-0.1, -0.05) is 20.3 Å². The zero-order chi connectivity index (χ0) is 12.7. The number of aromatic carboxylic acids is 1. The average Bonchev–Trinajstić information content (AvgIpc) is 2.17. The van der Waals surface area contributed by atoms with E-state index in [1.165, 1.54) is 19.4 Å².